The number of ether oxygens (including phenoxy) is 1. The van der Waals surface area contributed by atoms with E-state index in [2.05, 4.69) is 5.32 Å². The van der Waals surface area contributed by atoms with E-state index in [-0.39, 0.29) is 0 Å². The van der Waals surface area contributed by atoms with Gasteiger partial charge in [0.2, 0.25) is 0 Å². The number of rotatable bonds is 5. The first-order valence-electron chi connectivity index (χ1n) is 5.61. The highest BCUT2D eigenvalue weighted by Crippen LogP contribution is 2.29. The maximum atomic E-state index is 11.6. The molecule has 4 nitrogen and oxygen atoms in total. The van der Waals surface area contributed by atoms with Gasteiger partial charge in [-0.25, -0.2) is 4.79 Å². The van der Waals surface area contributed by atoms with Crippen molar-refractivity contribution in [1.29, 1.82) is 0 Å². The van der Waals surface area contributed by atoms with Crippen LogP contribution in [0.3, 0.4) is 0 Å². The van der Waals surface area contributed by atoms with Gasteiger partial charge in [-0.15, -0.1) is 0 Å². The molecule has 0 radical (unpaired) electrons. The maximum absolute atomic E-state index is 11.6. The molecule has 0 fully saturated rings. The lowest BCUT2D eigenvalue weighted by molar-refractivity contribution is -0.142. The van der Waals surface area contributed by atoms with Crippen LogP contribution in [0.25, 0.3) is 0 Å². The molecule has 1 aromatic rings. The quantitative estimate of drug-likeness (QED) is 0.669. The fraction of sp³-hybridized carbons (Fsp3) is 0.231. The first-order valence-corrected chi connectivity index (χ1v) is 6.37. The third kappa shape index (κ3) is 5.32. The van der Waals surface area contributed by atoms with Crippen molar-refractivity contribution in [3.8, 4) is 0 Å². The molecule has 1 aromatic carbocycles. The van der Waals surface area contributed by atoms with Crippen LogP contribution in [-0.4, -0.2) is 18.5 Å². The van der Waals surface area contributed by atoms with Crippen LogP contribution in [0.1, 0.15) is 13.3 Å². The minimum atomic E-state index is -0.567. The Balaban J connectivity index is 2.52. The summed E-state index contributed by atoms with van der Waals surface area (Å²) >= 11 is 11.8. The third-order valence-corrected chi connectivity index (χ3v) is 2.69. The van der Waals surface area contributed by atoms with E-state index >= 15 is 0 Å². The summed E-state index contributed by atoms with van der Waals surface area (Å²) in [5.41, 5.74) is 0.302. The summed E-state index contributed by atoms with van der Waals surface area (Å²) in [5.74, 6) is -1.07. The number of carbonyl (C=O) groups excluding carboxylic acids is 2. The van der Waals surface area contributed by atoms with Crippen molar-refractivity contribution in [2.75, 3.05) is 11.9 Å². The number of hydrogen-bond donors (Lipinski definition) is 1. The highest BCUT2D eigenvalue weighted by molar-refractivity contribution is 6.39. The second-order valence-corrected chi connectivity index (χ2v) is 4.38. The summed E-state index contributed by atoms with van der Waals surface area (Å²) < 4.78 is 4.73. The van der Waals surface area contributed by atoms with Gasteiger partial charge in [-0.1, -0.05) is 42.3 Å². The van der Waals surface area contributed by atoms with Crippen molar-refractivity contribution >= 4 is 40.8 Å². The van der Waals surface area contributed by atoms with Crippen molar-refractivity contribution in [3.05, 3.63) is 40.4 Å². The van der Waals surface area contributed by atoms with Crippen molar-refractivity contribution in [1.82, 2.24) is 0 Å². The lowest BCUT2D eigenvalue weighted by Gasteiger charge is -2.08. The fourth-order valence-corrected chi connectivity index (χ4v) is 1.68. The summed E-state index contributed by atoms with van der Waals surface area (Å²) in [5, 5.41) is 3.12. The Bertz CT molecular complexity index is 480. The molecule has 0 saturated heterocycles. The third-order valence-electron chi connectivity index (χ3n) is 2.06. The lowest BCUT2D eigenvalue weighted by Crippen LogP contribution is -2.20. The Morgan fingerprint density at radius 3 is 2.53 bits per heavy atom. The number of anilines is 1. The first kappa shape index (κ1) is 15.5. The molecule has 0 aliphatic heterocycles. The van der Waals surface area contributed by atoms with Gasteiger partial charge in [0.15, 0.2) is 6.61 Å². The van der Waals surface area contributed by atoms with Crippen LogP contribution in [0.5, 0.6) is 0 Å². The number of carbonyl (C=O) groups is 2. The smallest absolute Gasteiger partial charge is 0.330 e. The number of benzene rings is 1. The van der Waals surface area contributed by atoms with Crippen LogP contribution < -0.4 is 5.32 Å². The predicted octanol–water partition coefficient (Wildman–Crippen LogP) is 3.44. The van der Waals surface area contributed by atoms with Crippen molar-refractivity contribution in [2.45, 2.75) is 13.3 Å². The SMILES string of the molecule is CC/C=C/C(=O)OCC(=O)Nc1c(Cl)cccc1Cl. The van der Waals surface area contributed by atoms with Crippen LogP contribution in [0.15, 0.2) is 30.4 Å². The van der Waals surface area contributed by atoms with Gasteiger partial charge in [-0.2, -0.15) is 0 Å². The summed E-state index contributed by atoms with van der Waals surface area (Å²) in [6.07, 6.45) is 3.64. The van der Waals surface area contributed by atoms with Gasteiger partial charge >= 0.3 is 5.97 Å². The first-order chi connectivity index (χ1) is 9.04. The number of allylic oxidation sites excluding steroid dienone is 1. The number of hydrogen-bond acceptors (Lipinski definition) is 3. The topological polar surface area (TPSA) is 55.4 Å². The average molecular weight is 302 g/mol. The molecule has 0 saturated carbocycles. The fourth-order valence-electron chi connectivity index (χ4n) is 1.19. The minimum Gasteiger partial charge on any atom is -0.452 e. The Morgan fingerprint density at radius 2 is 1.95 bits per heavy atom. The molecule has 6 heteroatoms. The molecule has 1 amide bonds. The molecule has 0 spiro atoms. The summed E-state index contributed by atoms with van der Waals surface area (Å²) in [6, 6.07) is 4.86. The van der Waals surface area contributed by atoms with E-state index in [9.17, 15) is 9.59 Å². The van der Waals surface area contributed by atoms with Gasteiger partial charge in [0.1, 0.15) is 0 Å². The molecule has 102 valence electrons. The van der Waals surface area contributed by atoms with Crippen LogP contribution >= 0.6 is 23.2 Å². The van der Waals surface area contributed by atoms with Gasteiger partial charge in [-0.3, -0.25) is 4.79 Å². The molecule has 0 aliphatic rings. The van der Waals surface area contributed by atoms with Crippen LogP contribution in [0, 0.1) is 0 Å². The van der Waals surface area contributed by atoms with Crippen molar-refractivity contribution < 1.29 is 14.3 Å². The zero-order chi connectivity index (χ0) is 14.3. The number of nitrogens with one attached hydrogen (secondary N) is 1. The highest BCUT2D eigenvalue weighted by Gasteiger charge is 2.10. The molecular weight excluding hydrogens is 289 g/mol. The standard InChI is InChI=1S/C13H13Cl2NO3/c1-2-3-7-12(18)19-8-11(17)16-13-9(14)5-4-6-10(13)15/h3-7H,2,8H2,1H3,(H,16,17)/b7-3+. The molecule has 1 rings (SSSR count). The summed E-state index contributed by atoms with van der Waals surface area (Å²) in [7, 11) is 0. The largest absolute Gasteiger partial charge is 0.452 e. The Kier molecular flexibility index (Phi) is 6.39. The number of esters is 1. The molecule has 19 heavy (non-hydrogen) atoms. The van der Waals surface area contributed by atoms with Gasteiger partial charge in [0.25, 0.3) is 5.91 Å². The molecule has 0 unspecified atom stereocenters. The van der Waals surface area contributed by atoms with E-state index in [1.165, 1.54) is 6.08 Å². The van der Waals surface area contributed by atoms with E-state index in [4.69, 9.17) is 27.9 Å². The Labute approximate surface area is 121 Å². The Morgan fingerprint density at radius 1 is 1.32 bits per heavy atom. The van der Waals surface area contributed by atoms with E-state index in [1.54, 1.807) is 24.3 Å². The van der Waals surface area contributed by atoms with Gasteiger partial charge < -0.3 is 10.1 Å². The van der Waals surface area contributed by atoms with E-state index in [0.717, 1.165) is 6.42 Å². The molecular formula is C13H13Cl2NO3. The molecule has 0 atom stereocenters. The molecule has 0 bridgehead atoms. The van der Waals surface area contributed by atoms with Gasteiger partial charge in [-0.05, 0) is 18.6 Å². The van der Waals surface area contributed by atoms with Crippen molar-refractivity contribution in [2.24, 2.45) is 0 Å². The zero-order valence-electron chi connectivity index (χ0n) is 10.3. The number of amides is 1. The van der Waals surface area contributed by atoms with Crippen LogP contribution in [0.2, 0.25) is 10.0 Å². The lowest BCUT2D eigenvalue weighted by atomic mass is 10.3. The predicted molar refractivity (Wildman–Crippen MR) is 75.5 cm³/mol. The molecule has 1 N–H and O–H groups in total. The summed E-state index contributed by atoms with van der Waals surface area (Å²) in [4.78, 5) is 22.7. The maximum Gasteiger partial charge on any atom is 0.330 e. The molecule has 0 aliphatic carbocycles. The van der Waals surface area contributed by atoms with E-state index < -0.39 is 18.5 Å². The van der Waals surface area contributed by atoms with Gasteiger partial charge in [0.05, 0.1) is 15.7 Å². The van der Waals surface area contributed by atoms with Crippen LogP contribution in [-0.2, 0) is 14.3 Å². The summed E-state index contributed by atoms with van der Waals surface area (Å²) in [6.45, 7) is 1.49. The average Bonchev–Trinajstić information content (AvgIpc) is 2.38. The van der Waals surface area contributed by atoms with E-state index in [0.29, 0.717) is 15.7 Å². The van der Waals surface area contributed by atoms with Crippen molar-refractivity contribution in [3.63, 3.8) is 0 Å². The van der Waals surface area contributed by atoms with E-state index in [1.807, 2.05) is 6.92 Å². The normalized spacial score (nSPS) is 10.5. The van der Waals surface area contributed by atoms with Gasteiger partial charge in [0, 0.05) is 6.08 Å². The molecule has 0 heterocycles. The molecule has 0 aromatic heterocycles. The monoisotopic (exact) mass is 301 g/mol. The zero-order valence-corrected chi connectivity index (χ0v) is 11.8. The highest BCUT2D eigenvalue weighted by atomic mass is 35.5. The van der Waals surface area contributed by atoms with Crippen LogP contribution in [0.4, 0.5) is 5.69 Å². The number of halogens is 2. The second kappa shape index (κ2) is 7.81. The number of para-hydroxylation sites is 1. The Hall–Kier alpha value is -1.52. The second-order valence-electron chi connectivity index (χ2n) is 3.56. The minimum absolute atomic E-state index is 0.302.